The van der Waals surface area contributed by atoms with Crippen molar-refractivity contribution < 1.29 is 19.3 Å². The maximum atomic E-state index is 12.2. The molecule has 1 aromatic carbocycles. The maximum absolute atomic E-state index is 12.2. The van der Waals surface area contributed by atoms with Crippen LogP contribution in [0.25, 0.3) is 0 Å². The Balaban J connectivity index is 1.95. The molecule has 1 aliphatic heterocycles. The van der Waals surface area contributed by atoms with Crippen LogP contribution in [0.2, 0.25) is 0 Å². The summed E-state index contributed by atoms with van der Waals surface area (Å²) in [5.41, 5.74) is 1.41. The number of piperazine rings is 1. The van der Waals surface area contributed by atoms with Crippen molar-refractivity contribution in [1.29, 1.82) is 0 Å². The monoisotopic (exact) mass is 404 g/mol. The van der Waals surface area contributed by atoms with Crippen LogP contribution in [-0.4, -0.2) is 66.6 Å². The topological polar surface area (TPSA) is 62.2 Å². The van der Waals surface area contributed by atoms with Gasteiger partial charge in [0.2, 0.25) is 0 Å². The smallest absolute Gasteiger partial charge is 0.410 e. The van der Waals surface area contributed by atoms with Crippen LogP contribution in [0.15, 0.2) is 18.2 Å². The van der Waals surface area contributed by atoms with Crippen LogP contribution < -0.4 is 10.4 Å². The van der Waals surface area contributed by atoms with Gasteiger partial charge in [-0.1, -0.05) is 17.6 Å². The van der Waals surface area contributed by atoms with Gasteiger partial charge in [0.1, 0.15) is 5.60 Å². The van der Waals surface area contributed by atoms with E-state index in [-0.39, 0.29) is 6.09 Å². The fraction of sp³-hybridized carbons (Fsp3) is 0.682. The molecule has 0 atom stereocenters. The summed E-state index contributed by atoms with van der Waals surface area (Å²) in [7, 11) is 0.449. The first-order valence-corrected chi connectivity index (χ1v) is 10.4. The summed E-state index contributed by atoms with van der Waals surface area (Å²) >= 11 is 0. The molecule has 1 heterocycles. The standard InChI is InChI=1S/C22H37BN2O4/c1-16-15-17(23-29-22(7,8)21(5,6)27)9-10-18(16)24-11-13-25(14-12-24)19(26)28-20(2,3)4/h9-10,15,23,27H,11-14H2,1-8H3. The number of hydrogen-bond acceptors (Lipinski definition) is 5. The first kappa shape index (κ1) is 23.6. The van der Waals surface area contributed by atoms with E-state index in [0.717, 1.165) is 18.6 Å². The van der Waals surface area contributed by atoms with Crippen molar-refractivity contribution in [2.24, 2.45) is 0 Å². The molecule has 1 N–H and O–H groups in total. The first-order valence-electron chi connectivity index (χ1n) is 10.4. The number of ether oxygens (including phenoxy) is 1. The number of hydrogen-bond donors (Lipinski definition) is 1. The van der Waals surface area contributed by atoms with Crippen LogP contribution in [0.3, 0.4) is 0 Å². The highest BCUT2D eigenvalue weighted by molar-refractivity contribution is 6.47. The highest BCUT2D eigenvalue weighted by atomic mass is 16.6. The predicted molar refractivity (Wildman–Crippen MR) is 119 cm³/mol. The molecule has 1 fully saturated rings. The molecule has 7 heteroatoms. The van der Waals surface area contributed by atoms with Crippen molar-refractivity contribution in [1.82, 2.24) is 4.90 Å². The summed E-state index contributed by atoms with van der Waals surface area (Å²) in [5.74, 6) is 0. The van der Waals surface area contributed by atoms with Crippen molar-refractivity contribution in [3.8, 4) is 0 Å². The van der Waals surface area contributed by atoms with Crippen LogP contribution in [0.1, 0.15) is 54.0 Å². The van der Waals surface area contributed by atoms with E-state index in [0.29, 0.717) is 20.6 Å². The SMILES string of the molecule is Cc1cc(BOC(C)(C)C(C)(C)O)ccc1N1CCN(C(=O)OC(C)(C)C)CC1. The van der Waals surface area contributed by atoms with Gasteiger partial charge in [-0.15, -0.1) is 0 Å². The van der Waals surface area contributed by atoms with Gasteiger partial charge >= 0.3 is 13.6 Å². The highest BCUT2D eigenvalue weighted by Gasteiger charge is 2.35. The molecule has 2 rings (SSSR count). The summed E-state index contributed by atoms with van der Waals surface area (Å²) in [6.07, 6.45) is -0.240. The molecular weight excluding hydrogens is 367 g/mol. The average Bonchev–Trinajstić information content (AvgIpc) is 2.58. The zero-order valence-electron chi connectivity index (χ0n) is 19.3. The Morgan fingerprint density at radius 2 is 1.62 bits per heavy atom. The lowest BCUT2D eigenvalue weighted by Gasteiger charge is -2.38. The highest BCUT2D eigenvalue weighted by Crippen LogP contribution is 2.25. The van der Waals surface area contributed by atoms with E-state index < -0.39 is 16.8 Å². The van der Waals surface area contributed by atoms with Crippen LogP contribution >= 0.6 is 0 Å². The lowest BCUT2D eigenvalue weighted by atomic mass is 9.82. The lowest BCUT2D eigenvalue weighted by molar-refractivity contribution is -0.0893. The van der Waals surface area contributed by atoms with E-state index in [4.69, 9.17) is 9.39 Å². The van der Waals surface area contributed by atoms with Crippen molar-refractivity contribution >= 4 is 24.7 Å². The van der Waals surface area contributed by atoms with Gasteiger partial charge in [-0.2, -0.15) is 0 Å². The van der Waals surface area contributed by atoms with Crippen molar-refractivity contribution in [2.45, 2.75) is 72.2 Å². The van der Waals surface area contributed by atoms with E-state index in [1.807, 2.05) is 34.6 Å². The maximum Gasteiger partial charge on any atom is 0.410 e. The molecule has 1 aromatic rings. The zero-order valence-corrected chi connectivity index (χ0v) is 19.3. The molecule has 0 saturated carbocycles. The molecule has 1 saturated heterocycles. The molecule has 0 aliphatic carbocycles. The van der Waals surface area contributed by atoms with E-state index in [2.05, 4.69) is 30.0 Å². The Bertz CT molecular complexity index is 715. The van der Waals surface area contributed by atoms with Gasteiger partial charge in [0.25, 0.3) is 0 Å². The van der Waals surface area contributed by atoms with Gasteiger partial charge in [-0.25, -0.2) is 4.79 Å². The van der Waals surface area contributed by atoms with E-state index in [1.54, 1.807) is 18.7 Å². The van der Waals surface area contributed by atoms with Crippen molar-refractivity contribution in [2.75, 3.05) is 31.1 Å². The summed E-state index contributed by atoms with van der Waals surface area (Å²) < 4.78 is 11.5. The number of nitrogens with zero attached hydrogens (tertiary/aromatic N) is 2. The van der Waals surface area contributed by atoms with Gasteiger partial charge in [0.15, 0.2) is 0 Å². The second-order valence-corrected chi connectivity index (χ2v) is 9.93. The Labute approximate surface area is 176 Å². The summed E-state index contributed by atoms with van der Waals surface area (Å²) in [4.78, 5) is 16.3. The molecule has 6 nitrogen and oxygen atoms in total. The van der Waals surface area contributed by atoms with E-state index in [1.165, 1.54) is 11.3 Å². The first-order chi connectivity index (χ1) is 13.2. The predicted octanol–water partition coefficient (Wildman–Crippen LogP) is 2.60. The third-order valence-corrected chi connectivity index (χ3v) is 5.61. The van der Waals surface area contributed by atoms with Crippen LogP contribution in [0.4, 0.5) is 10.5 Å². The molecule has 0 bridgehead atoms. The summed E-state index contributed by atoms with van der Waals surface area (Å²) in [5, 5.41) is 10.2. The molecule has 0 aromatic heterocycles. The number of rotatable bonds is 5. The second-order valence-electron chi connectivity index (χ2n) is 9.93. The molecule has 0 spiro atoms. The van der Waals surface area contributed by atoms with Crippen LogP contribution in [0, 0.1) is 6.92 Å². The van der Waals surface area contributed by atoms with E-state index >= 15 is 0 Å². The van der Waals surface area contributed by atoms with Crippen molar-refractivity contribution in [3.05, 3.63) is 23.8 Å². The fourth-order valence-corrected chi connectivity index (χ4v) is 3.06. The Morgan fingerprint density at radius 1 is 1.03 bits per heavy atom. The van der Waals surface area contributed by atoms with Gasteiger partial charge in [0.05, 0.1) is 11.2 Å². The molecule has 0 unspecified atom stereocenters. The minimum atomic E-state index is -0.921. The molecule has 29 heavy (non-hydrogen) atoms. The number of aliphatic hydroxyl groups is 1. The summed E-state index contributed by atoms with van der Waals surface area (Å²) in [6.45, 7) is 17.9. The third kappa shape index (κ3) is 6.38. The Hall–Kier alpha value is -1.73. The van der Waals surface area contributed by atoms with E-state index in [9.17, 15) is 9.90 Å². The molecule has 162 valence electrons. The minimum absolute atomic E-state index is 0.240. The molecule has 1 amide bonds. The number of anilines is 1. The van der Waals surface area contributed by atoms with Crippen molar-refractivity contribution in [3.63, 3.8) is 0 Å². The molecule has 0 radical (unpaired) electrons. The largest absolute Gasteiger partial charge is 0.444 e. The second kappa shape index (κ2) is 8.56. The zero-order chi connectivity index (χ0) is 22.0. The average molecular weight is 404 g/mol. The molecule has 1 aliphatic rings. The molecular formula is C22H37BN2O4. The summed E-state index contributed by atoms with van der Waals surface area (Å²) in [6, 6.07) is 6.33. The quantitative estimate of drug-likeness (QED) is 0.765. The number of benzene rings is 1. The minimum Gasteiger partial charge on any atom is -0.444 e. The number of aryl methyl sites for hydroxylation is 1. The van der Waals surface area contributed by atoms with Crippen LogP contribution in [-0.2, 0) is 9.39 Å². The van der Waals surface area contributed by atoms with Gasteiger partial charge in [-0.05, 0) is 67.0 Å². The normalized spacial score (nSPS) is 16.0. The number of carbonyl (C=O) groups is 1. The lowest BCUT2D eigenvalue weighted by Crippen LogP contribution is -2.50. The fourth-order valence-electron chi connectivity index (χ4n) is 3.06. The van der Waals surface area contributed by atoms with Crippen LogP contribution in [0.5, 0.6) is 0 Å². The number of carbonyl (C=O) groups excluding carboxylic acids is 1. The Morgan fingerprint density at radius 3 is 2.10 bits per heavy atom. The number of amides is 1. The Kier molecular flexibility index (Phi) is 6.95. The van der Waals surface area contributed by atoms with Gasteiger partial charge < -0.3 is 24.3 Å². The third-order valence-electron chi connectivity index (χ3n) is 5.61. The van der Waals surface area contributed by atoms with Gasteiger partial charge in [0, 0.05) is 31.9 Å². The van der Waals surface area contributed by atoms with Gasteiger partial charge in [-0.3, -0.25) is 0 Å².